The van der Waals surface area contributed by atoms with E-state index in [0.717, 1.165) is 6.54 Å². The number of aryl methyl sites for hydroxylation is 2. The van der Waals surface area contributed by atoms with Crippen molar-refractivity contribution >= 4 is 12.1 Å². The second-order valence-electron chi connectivity index (χ2n) is 7.24. The maximum atomic E-state index is 11.6. The van der Waals surface area contributed by atoms with E-state index < -0.39 is 11.7 Å². The highest BCUT2D eigenvalue weighted by atomic mass is 16.6. The summed E-state index contributed by atoms with van der Waals surface area (Å²) in [6, 6.07) is 6.70. The number of carbonyl (C=O) groups excluding carboxylic acids is 1. The van der Waals surface area contributed by atoms with Gasteiger partial charge in [0.05, 0.1) is 0 Å². The number of hydrogen-bond donors (Lipinski definition) is 3. The molecule has 0 bridgehead atoms. The highest BCUT2D eigenvalue weighted by Crippen LogP contribution is 2.22. The topological polar surface area (TPSA) is 74.8 Å². The Morgan fingerprint density at radius 2 is 1.84 bits per heavy atom. The van der Waals surface area contributed by atoms with E-state index in [1.54, 1.807) is 7.05 Å². The zero-order chi connectivity index (χ0) is 18.3. The standard InChI is InChI=1S/C19H30N4O2/c1-19(2,3)25-18(24)22-11-10-21-17(20-4)23-13-14-8-9-15-6-5-7-16(15)12-14/h8-9,12H,5-7,10-11,13H2,1-4H3,(H,22,24)(H2,20,21,23). The van der Waals surface area contributed by atoms with E-state index in [0.29, 0.717) is 19.0 Å². The fraction of sp³-hybridized carbons (Fsp3) is 0.579. The number of guanidine groups is 1. The van der Waals surface area contributed by atoms with Crippen LogP contribution in [0.2, 0.25) is 0 Å². The molecule has 1 amide bonds. The van der Waals surface area contributed by atoms with Crippen LogP contribution in [0.3, 0.4) is 0 Å². The number of rotatable bonds is 5. The third kappa shape index (κ3) is 6.64. The fourth-order valence-electron chi connectivity index (χ4n) is 2.80. The minimum Gasteiger partial charge on any atom is -0.444 e. The summed E-state index contributed by atoms with van der Waals surface area (Å²) in [7, 11) is 1.74. The highest BCUT2D eigenvalue weighted by Gasteiger charge is 2.15. The van der Waals surface area contributed by atoms with Crippen molar-refractivity contribution in [2.45, 2.75) is 52.2 Å². The molecule has 0 heterocycles. The van der Waals surface area contributed by atoms with E-state index >= 15 is 0 Å². The summed E-state index contributed by atoms with van der Waals surface area (Å²) in [5.74, 6) is 0.714. The van der Waals surface area contributed by atoms with Gasteiger partial charge >= 0.3 is 6.09 Å². The van der Waals surface area contributed by atoms with Crippen molar-refractivity contribution in [3.8, 4) is 0 Å². The Labute approximate surface area is 150 Å². The van der Waals surface area contributed by atoms with Gasteiger partial charge in [-0.1, -0.05) is 18.2 Å². The first-order chi connectivity index (χ1) is 11.9. The highest BCUT2D eigenvalue weighted by molar-refractivity contribution is 5.79. The van der Waals surface area contributed by atoms with E-state index in [1.807, 2.05) is 20.8 Å². The quantitative estimate of drug-likeness (QED) is 0.435. The molecule has 0 atom stereocenters. The van der Waals surface area contributed by atoms with Crippen molar-refractivity contribution in [3.63, 3.8) is 0 Å². The molecule has 6 heteroatoms. The minimum atomic E-state index is -0.481. The average Bonchev–Trinajstić information content (AvgIpc) is 3.00. The second-order valence-corrected chi connectivity index (χ2v) is 7.24. The van der Waals surface area contributed by atoms with Crippen LogP contribution >= 0.6 is 0 Å². The molecule has 0 saturated carbocycles. The Balaban J connectivity index is 1.68. The summed E-state index contributed by atoms with van der Waals surface area (Å²) in [5.41, 5.74) is 3.74. The van der Waals surface area contributed by atoms with Crippen molar-refractivity contribution in [3.05, 3.63) is 34.9 Å². The maximum absolute atomic E-state index is 11.6. The number of ether oxygens (including phenoxy) is 1. The zero-order valence-corrected chi connectivity index (χ0v) is 15.7. The lowest BCUT2D eigenvalue weighted by Gasteiger charge is -2.20. The van der Waals surface area contributed by atoms with Gasteiger partial charge in [0, 0.05) is 26.7 Å². The van der Waals surface area contributed by atoms with Gasteiger partial charge in [-0.25, -0.2) is 4.79 Å². The van der Waals surface area contributed by atoms with Gasteiger partial charge in [0.25, 0.3) is 0 Å². The number of carbonyl (C=O) groups is 1. The summed E-state index contributed by atoms with van der Waals surface area (Å²) >= 11 is 0. The van der Waals surface area contributed by atoms with Crippen molar-refractivity contribution in [2.75, 3.05) is 20.1 Å². The zero-order valence-electron chi connectivity index (χ0n) is 15.7. The van der Waals surface area contributed by atoms with Crippen LogP contribution in [-0.4, -0.2) is 37.8 Å². The maximum Gasteiger partial charge on any atom is 0.407 e. The largest absolute Gasteiger partial charge is 0.444 e. The van der Waals surface area contributed by atoms with Crippen LogP contribution in [0, 0.1) is 0 Å². The molecule has 0 aromatic heterocycles. The minimum absolute atomic E-state index is 0.407. The average molecular weight is 346 g/mol. The molecule has 2 rings (SSSR count). The first-order valence-corrected chi connectivity index (χ1v) is 8.89. The van der Waals surface area contributed by atoms with Crippen molar-refractivity contribution in [2.24, 2.45) is 4.99 Å². The first kappa shape index (κ1) is 19.1. The molecular formula is C19H30N4O2. The second kappa shape index (κ2) is 8.74. The Bertz CT molecular complexity index is 620. The Kier molecular flexibility index (Phi) is 6.67. The summed E-state index contributed by atoms with van der Waals surface area (Å²) in [6.07, 6.45) is 3.25. The number of aliphatic imine (C=N–C) groups is 1. The van der Waals surface area contributed by atoms with Crippen LogP contribution in [0.25, 0.3) is 0 Å². The van der Waals surface area contributed by atoms with Gasteiger partial charge in [-0.2, -0.15) is 0 Å². The lowest BCUT2D eigenvalue weighted by Crippen LogP contribution is -2.42. The SMILES string of the molecule is CN=C(NCCNC(=O)OC(C)(C)C)NCc1ccc2c(c1)CCC2. The van der Waals surface area contributed by atoms with Crippen LogP contribution in [0.15, 0.2) is 23.2 Å². The van der Waals surface area contributed by atoms with E-state index in [4.69, 9.17) is 4.74 Å². The van der Waals surface area contributed by atoms with E-state index in [2.05, 4.69) is 39.1 Å². The molecule has 0 fully saturated rings. The lowest BCUT2D eigenvalue weighted by molar-refractivity contribution is 0.0529. The molecule has 1 aromatic carbocycles. The molecule has 0 unspecified atom stereocenters. The smallest absolute Gasteiger partial charge is 0.407 e. The molecule has 1 aliphatic rings. The van der Waals surface area contributed by atoms with Gasteiger partial charge in [-0.15, -0.1) is 0 Å². The molecule has 0 saturated heterocycles. The van der Waals surface area contributed by atoms with E-state index in [-0.39, 0.29) is 0 Å². The van der Waals surface area contributed by atoms with E-state index in [9.17, 15) is 4.79 Å². The predicted molar refractivity (Wildman–Crippen MR) is 101 cm³/mol. The monoisotopic (exact) mass is 346 g/mol. The number of nitrogens with zero attached hydrogens (tertiary/aromatic N) is 1. The van der Waals surface area contributed by atoms with Gasteiger partial charge in [0.15, 0.2) is 5.96 Å². The number of fused-ring (bicyclic) bond motifs is 1. The van der Waals surface area contributed by atoms with Gasteiger partial charge in [0.1, 0.15) is 5.60 Å². The van der Waals surface area contributed by atoms with Crippen molar-refractivity contribution < 1.29 is 9.53 Å². The fourth-order valence-corrected chi connectivity index (χ4v) is 2.80. The van der Waals surface area contributed by atoms with Gasteiger partial charge < -0.3 is 20.7 Å². The summed E-state index contributed by atoms with van der Waals surface area (Å²) in [6.45, 7) is 7.30. The Morgan fingerprint density at radius 1 is 1.12 bits per heavy atom. The van der Waals surface area contributed by atoms with Gasteiger partial charge in [-0.05, 0) is 56.7 Å². The third-order valence-corrected chi connectivity index (χ3v) is 3.93. The van der Waals surface area contributed by atoms with Gasteiger partial charge in [-0.3, -0.25) is 4.99 Å². The summed E-state index contributed by atoms with van der Waals surface area (Å²) in [5, 5.41) is 9.19. The van der Waals surface area contributed by atoms with Gasteiger partial charge in [0.2, 0.25) is 0 Å². The number of amides is 1. The van der Waals surface area contributed by atoms with Crippen LogP contribution < -0.4 is 16.0 Å². The lowest BCUT2D eigenvalue weighted by atomic mass is 10.1. The first-order valence-electron chi connectivity index (χ1n) is 8.89. The molecule has 1 aliphatic carbocycles. The number of hydrogen-bond acceptors (Lipinski definition) is 3. The Morgan fingerprint density at radius 3 is 2.56 bits per heavy atom. The van der Waals surface area contributed by atoms with E-state index in [1.165, 1.54) is 36.0 Å². The molecule has 0 radical (unpaired) electrons. The molecular weight excluding hydrogens is 316 g/mol. The molecule has 138 valence electrons. The molecule has 6 nitrogen and oxygen atoms in total. The number of alkyl carbamates (subject to hydrolysis) is 1. The number of benzene rings is 1. The Hall–Kier alpha value is -2.24. The molecule has 25 heavy (non-hydrogen) atoms. The van der Waals surface area contributed by atoms with Crippen molar-refractivity contribution in [1.29, 1.82) is 0 Å². The van der Waals surface area contributed by atoms with Crippen molar-refractivity contribution in [1.82, 2.24) is 16.0 Å². The van der Waals surface area contributed by atoms with Crippen LogP contribution in [0.5, 0.6) is 0 Å². The summed E-state index contributed by atoms with van der Waals surface area (Å²) < 4.78 is 5.19. The molecule has 1 aromatic rings. The molecule has 0 aliphatic heterocycles. The van der Waals surface area contributed by atoms with Crippen LogP contribution in [0.4, 0.5) is 4.79 Å². The molecule has 0 spiro atoms. The normalized spacial score (nSPS) is 14.0. The molecule has 3 N–H and O–H groups in total. The van der Waals surface area contributed by atoms with Crippen LogP contribution in [-0.2, 0) is 24.1 Å². The summed E-state index contributed by atoms with van der Waals surface area (Å²) in [4.78, 5) is 15.8. The van der Waals surface area contributed by atoms with Crippen LogP contribution in [0.1, 0.15) is 43.9 Å². The number of nitrogens with one attached hydrogen (secondary N) is 3. The third-order valence-electron chi connectivity index (χ3n) is 3.93. The predicted octanol–water partition coefficient (Wildman–Crippen LogP) is 2.37.